The fourth-order valence-corrected chi connectivity index (χ4v) is 2.05. The van der Waals surface area contributed by atoms with E-state index in [1.165, 1.54) is 32.2 Å². The van der Waals surface area contributed by atoms with Crippen LogP contribution in [-0.4, -0.2) is 30.1 Å². The maximum atomic E-state index is 5.98. The van der Waals surface area contributed by atoms with Gasteiger partial charge >= 0.3 is 0 Å². The Balaban J connectivity index is 2.27. The van der Waals surface area contributed by atoms with Crippen molar-refractivity contribution in [2.24, 2.45) is 5.73 Å². The lowest BCUT2D eigenvalue weighted by Gasteiger charge is -2.34. The second-order valence-electron chi connectivity index (χ2n) is 5.16. The first-order valence-corrected chi connectivity index (χ1v) is 5.48. The van der Waals surface area contributed by atoms with Crippen molar-refractivity contribution in [2.75, 3.05) is 13.6 Å². The van der Waals surface area contributed by atoms with Gasteiger partial charge in [0.15, 0.2) is 0 Å². The minimum Gasteiger partial charge on any atom is -0.326 e. The number of nitrogens with two attached hydrogens (primary N) is 1. The maximum Gasteiger partial charge on any atom is 0.00976 e. The molecule has 1 atom stereocenters. The number of hydrogen-bond donors (Lipinski definition) is 1. The second-order valence-corrected chi connectivity index (χ2v) is 5.16. The Morgan fingerprint density at radius 2 is 2.08 bits per heavy atom. The van der Waals surface area contributed by atoms with Crippen molar-refractivity contribution >= 4 is 0 Å². The Hall–Kier alpha value is -0.0800. The molecule has 0 aromatic rings. The monoisotopic (exact) mass is 184 g/mol. The third kappa shape index (κ3) is 4.10. The third-order valence-corrected chi connectivity index (χ3v) is 3.04. The first kappa shape index (κ1) is 11.0. The van der Waals surface area contributed by atoms with Gasteiger partial charge in [-0.3, -0.25) is 0 Å². The summed E-state index contributed by atoms with van der Waals surface area (Å²) in [5.41, 5.74) is 5.99. The van der Waals surface area contributed by atoms with Gasteiger partial charge in [-0.2, -0.15) is 0 Å². The van der Waals surface area contributed by atoms with Crippen LogP contribution in [0.15, 0.2) is 0 Å². The van der Waals surface area contributed by atoms with Crippen LogP contribution in [-0.2, 0) is 0 Å². The maximum absolute atomic E-state index is 5.98. The van der Waals surface area contributed by atoms with Gasteiger partial charge in [-0.15, -0.1) is 0 Å². The molecule has 1 saturated heterocycles. The van der Waals surface area contributed by atoms with Crippen LogP contribution in [0.5, 0.6) is 0 Å². The molecule has 1 heterocycles. The van der Waals surface area contributed by atoms with Gasteiger partial charge in [0.2, 0.25) is 0 Å². The Labute approximate surface area is 82.5 Å². The van der Waals surface area contributed by atoms with Crippen molar-refractivity contribution in [3.05, 3.63) is 0 Å². The molecular weight excluding hydrogens is 160 g/mol. The zero-order chi connectivity index (χ0) is 9.90. The molecule has 0 radical (unpaired) electrons. The van der Waals surface area contributed by atoms with Crippen LogP contribution in [0.4, 0.5) is 0 Å². The summed E-state index contributed by atoms with van der Waals surface area (Å²) in [6.45, 7) is 5.52. The zero-order valence-electron chi connectivity index (χ0n) is 9.34. The predicted octanol–water partition coefficient (Wildman–Crippen LogP) is 1.99. The van der Waals surface area contributed by atoms with Gasteiger partial charge in [0.05, 0.1) is 0 Å². The van der Waals surface area contributed by atoms with E-state index in [1.54, 1.807) is 0 Å². The molecule has 1 rings (SSSR count). The summed E-state index contributed by atoms with van der Waals surface area (Å²) in [5.74, 6) is 0. The fraction of sp³-hybridized carbons (Fsp3) is 1.00. The van der Waals surface area contributed by atoms with Crippen LogP contribution in [0.2, 0.25) is 0 Å². The van der Waals surface area contributed by atoms with Crippen molar-refractivity contribution in [3.8, 4) is 0 Å². The second kappa shape index (κ2) is 4.43. The smallest absolute Gasteiger partial charge is 0.00976 e. The van der Waals surface area contributed by atoms with E-state index in [-0.39, 0.29) is 5.54 Å². The number of rotatable bonds is 3. The van der Waals surface area contributed by atoms with Crippen molar-refractivity contribution in [1.82, 2.24) is 4.90 Å². The summed E-state index contributed by atoms with van der Waals surface area (Å²) < 4.78 is 0. The van der Waals surface area contributed by atoms with E-state index in [2.05, 4.69) is 25.8 Å². The Bertz CT molecular complexity index is 149. The molecule has 1 aliphatic rings. The van der Waals surface area contributed by atoms with Crippen LogP contribution in [0, 0.1) is 0 Å². The average molecular weight is 184 g/mol. The summed E-state index contributed by atoms with van der Waals surface area (Å²) in [4.78, 5) is 2.50. The van der Waals surface area contributed by atoms with Gasteiger partial charge in [0.1, 0.15) is 0 Å². The first-order chi connectivity index (χ1) is 5.99. The SMILES string of the molecule is CN1CCCCC1CCC(C)(C)N. The molecule has 0 saturated carbocycles. The van der Waals surface area contributed by atoms with Crippen LogP contribution >= 0.6 is 0 Å². The lowest BCUT2D eigenvalue weighted by molar-refractivity contribution is 0.166. The Kier molecular flexibility index (Phi) is 3.74. The average Bonchev–Trinajstić information content (AvgIpc) is 2.01. The van der Waals surface area contributed by atoms with Crippen molar-refractivity contribution in [1.29, 1.82) is 0 Å². The number of piperidine rings is 1. The van der Waals surface area contributed by atoms with Gasteiger partial charge in [-0.05, 0) is 53.1 Å². The molecule has 1 aliphatic heterocycles. The molecule has 78 valence electrons. The highest BCUT2D eigenvalue weighted by Gasteiger charge is 2.21. The zero-order valence-corrected chi connectivity index (χ0v) is 9.34. The van der Waals surface area contributed by atoms with E-state index in [0.29, 0.717) is 0 Å². The molecule has 0 amide bonds. The topological polar surface area (TPSA) is 29.3 Å². The molecule has 0 aromatic heterocycles. The minimum atomic E-state index is 0.0122. The van der Waals surface area contributed by atoms with Gasteiger partial charge in [0.25, 0.3) is 0 Å². The lowest BCUT2D eigenvalue weighted by atomic mass is 9.92. The van der Waals surface area contributed by atoms with Crippen molar-refractivity contribution in [2.45, 2.75) is 57.5 Å². The molecule has 0 bridgehead atoms. The molecule has 0 aromatic carbocycles. The third-order valence-electron chi connectivity index (χ3n) is 3.04. The van der Waals surface area contributed by atoms with E-state index in [4.69, 9.17) is 5.73 Å². The molecule has 1 unspecified atom stereocenters. The Morgan fingerprint density at radius 1 is 1.38 bits per heavy atom. The summed E-state index contributed by atoms with van der Waals surface area (Å²) in [5, 5.41) is 0. The van der Waals surface area contributed by atoms with Gasteiger partial charge in [-0.25, -0.2) is 0 Å². The standard InChI is InChI=1S/C11H24N2/c1-11(2,12)8-7-10-6-4-5-9-13(10)3/h10H,4-9,12H2,1-3H3. The van der Waals surface area contributed by atoms with Gasteiger partial charge in [-0.1, -0.05) is 6.42 Å². The molecule has 0 aliphatic carbocycles. The summed E-state index contributed by atoms with van der Waals surface area (Å²) in [6.07, 6.45) is 6.55. The first-order valence-electron chi connectivity index (χ1n) is 5.48. The van der Waals surface area contributed by atoms with Crippen molar-refractivity contribution in [3.63, 3.8) is 0 Å². The molecule has 2 heteroatoms. The van der Waals surface area contributed by atoms with Crippen molar-refractivity contribution < 1.29 is 0 Å². The predicted molar refractivity (Wildman–Crippen MR) is 57.8 cm³/mol. The Morgan fingerprint density at radius 3 is 2.62 bits per heavy atom. The normalized spacial score (nSPS) is 26.3. The largest absolute Gasteiger partial charge is 0.326 e. The molecule has 2 N–H and O–H groups in total. The van der Waals surface area contributed by atoms with E-state index in [1.807, 2.05) is 0 Å². The van der Waals surface area contributed by atoms with E-state index in [0.717, 1.165) is 12.5 Å². The highest BCUT2D eigenvalue weighted by molar-refractivity contribution is 4.79. The van der Waals surface area contributed by atoms with Crippen LogP contribution in [0.3, 0.4) is 0 Å². The summed E-state index contributed by atoms with van der Waals surface area (Å²) in [6, 6.07) is 0.788. The molecule has 1 fully saturated rings. The van der Waals surface area contributed by atoms with Crippen LogP contribution < -0.4 is 5.73 Å². The molecule has 13 heavy (non-hydrogen) atoms. The van der Waals surface area contributed by atoms with E-state index in [9.17, 15) is 0 Å². The number of nitrogens with zero attached hydrogens (tertiary/aromatic N) is 1. The number of likely N-dealkylation sites (tertiary alicyclic amines) is 1. The molecular formula is C11H24N2. The van der Waals surface area contributed by atoms with Crippen LogP contribution in [0.25, 0.3) is 0 Å². The van der Waals surface area contributed by atoms with Crippen LogP contribution in [0.1, 0.15) is 46.0 Å². The highest BCUT2D eigenvalue weighted by Crippen LogP contribution is 2.21. The summed E-state index contributed by atoms with van der Waals surface area (Å²) in [7, 11) is 2.24. The van der Waals surface area contributed by atoms with Gasteiger partial charge < -0.3 is 10.6 Å². The summed E-state index contributed by atoms with van der Waals surface area (Å²) >= 11 is 0. The fourth-order valence-electron chi connectivity index (χ4n) is 2.05. The minimum absolute atomic E-state index is 0.0122. The lowest BCUT2D eigenvalue weighted by Crippen LogP contribution is -2.39. The highest BCUT2D eigenvalue weighted by atomic mass is 15.1. The number of hydrogen-bond acceptors (Lipinski definition) is 2. The molecule has 0 spiro atoms. The van der Waals surface area contributed by atoms with E-state index < -0.39 is 0 Å². The van der Waals surface area contributed by atoms with Gasteiger partial charge in [0, 0.05) is 11.6 Å². The molecule has 2 nitrogen and oxygen atoms in total. The van der Waals surface area contributed by atoms with E-state index >= 15 is 0 Å². The quantitative estimate of drug-likeness (QED) is 0.727.